The van der Waals surface area contributed by atoms with Crippen LogP contribution >= 0.6 is 22.9 Å². The molecule has 1 saturated heterocycles. The number of nitrogens with one attached hydrogen (secondary N) is 2. The van der Waals surface area contributed by atoms with Gasteiger partial charge in [0.05, 0.1) is 23.8 Å². The summed E-state index contributed by atoms with van der Waals surface area (Å²) < 4.78 is 5.29. The first-order valence-electron chi connectivity index (χ1n) is 7.28. The Morgan fingerprint density at radius 2 is 1.88 bits per heavy atom. The number of rotatable bonds is 3. The smallest absolute Gasteiger partial charge is 0.289 e. The lowest BCUT2D eigenvalue weighted by Gasteiger charge is -2.25. The topological polar surface area (TPSA) is 83.6 Å². The number of morpholine rings is 1. The minimum absolute atomic E-state index is 0.251. The van der Waals surface area contributed by atoms with Crippen LogP contribution in [0.4, 0.5) is 5.13 Å². The van der Waals surface area contributed by atoms with Crippen LogP contribution in [0.3, 0.4) is 0 Å². The van der Waals surface area contributed by atoms with E-state index < -0.39 is 11.8 Å². The van der Waals surface area contributed by atoms with E-state index in [-0.39, 0.29) is 11.3 Å². The Hall–Kier alpha value is -2.16. The second-order valence-corrected chi connectivity index (χ2v) is 6.25. The number of anilines is 1. The summed E-state index contributed by atoms with van der Waals surface area (Å²) in [6.07, 6.45) is 0. The third kappa shape index (κ3) is 3.84. The lowest BCUT2D eigenvalue weighted by molar-refractivity contribution is 0.0844. The van der Waals surface area contributed by atoms with E-state index in [0.717, 1.165) is 18.2 Å². The molecule has 7 nitrogen and oxygen atoms in total. The number of hydrazine groups is 1. The third-order valence-electron chi connectivity index (χ3n) is 3.41. The van der Waals surface area contributed by atoms with E-state index in [1.165, 1.54) is 11.3 Å². The van der Waals surface area contributed by atoms with Crippen molar-refractivity contribution in [1.82, 2.24) is 15.8 Å². The number of amides is 2. The highest BCUT2D eigenvalue weighted by molar-refractivity contribution is 7.13. The third-order valence-corrected chi connectivity index (χ3v) is 4.65. The van der Waals surface area contributed by atoms with Crippen molar-refractivity contribution in [2.45, 2.75) is 0 Å². The average molecular weight is 367 g/mol. The maximum absolute atomic E-state index is 12.1. The van der Waals surface area contributed by atoms with Crippen molar-refractivity contribution in [1.29, 1.82) is 0 Å². The molecule has 2 amide bonds. The Balaban J connectivity index is 1.58. The molecule has 9 heteroatoms. The van der Waals surface area contributed by atoms with E-state index in [1.54, 1.807) is 29.6 Å². The molecule has 126 valence electrons. The zero-order valence-electron chi connectivity index (χ0n) is 12.6. The second kappa shape index (κ2) is 7.61. The standard InChI is InChI=1S/C15H15ClN4O3S/c16-11-4-2-1-3-10(11)13(21)18-19-14(22)12-9-24-15(17-12)20-5-7-23-8-6-20/h1-4,9H,5-8H2,(H,18,21)(H,19,22). The van der Waals surface area contributed by atoms with Crippen LogP contribution in [0, 0.1) is 0 Å². The Kier molecular flexibility index (Phi) is 5.29. The van der Waals surface area contributed by atoms with E-state index in [9.17, 15) is 9.59 Å². The van der Waals surface area contributed by atoms with Crippen LogP contribution in [-0.4, -0.2) is 43.1 Å². The van der Waals surface area contributed by atoms with E-state index in [2.05, 4.69) is 20.7 Å². The molecule has 3 rings (SSSR count). The zero-order valence-corrected chi connectivity index (χ0v) is 14.2. The molecule has 0 saturated carbocycles. The number of halogens is 1. The van der Waals surface area contributed by atoms with E-state index in [1.807, 2.05) is 0 Å². The van der Waals surface area contributed by atoms with Crippen LogP contribution in [0.25, 0.3) is 0 Å². The molecule has 1 fully saturated rings. The van der Waals surface area contributed by atoms with Crippen LogP contribution < -0.4 is 15.8 Å². The minimum atomic E-state index is -0.488. The number of hydrogen-bond donors (Lipinski definition) is 2. The van der Waals surface area contributed by atoms with Gasteiger partial charge in [-0.2, -0.15) is 0 Å². The van der Waals surface area contributed by atoms with Gasteiger partial charge in [-0.25, -0.2) is 4.98 Å². The molecule has 0 unspecified atom stereocenters. The predicted molar refractivity (Wildman–Crippen MR) is 91.5 cm³/mol. The molecular weight excluding hydrogens is 352 g/mol. The van der Waals surface area contributed by atoms with Gasteiger partial charge in [-0.15, -0.1) is 11.3 Å². The molecule has 0 radical (unpaired) electrons. The van der Waals surface area contributed by atoms with Gasteiger partial charge in [0.2, 0.25) is 0 Å². The van der Waals surface area contributed by atoms with Crippen LogP contribution in [0.2, 0.25) is 5.02 Å². The summed E-state index contributed by atoms with van der Waals surface area (Å²) in [4.78, 5) is 30.5. The van der Waals surface area contributed by atoms with Crippen molar-refractivity contribution >= 4 is 39.9 Å². The Morgan fingerprint density at radius 3 is 2.62 bits per heavy atom. The average Bonchev–Trinajstić information content (AvgIpc) is 3.11. The minimum Gasteiger partial charge on any atom is -0.378 e. The van der Waals surface area contributed by atoms with Crippen LogP contribution in [-0.2, 0) is 4.74 Å². The number of ether oxygens (including phenoxy) is 1. The zero-order chi connectivity index (χ0) is 16.9. The number of thiazole rings is 1. The van der Waals surface area contributed by atoms with Gasteiger partial charge in [0, 0.05) is 18.5 Å². The second-order valence-electron chi connectivity index (χ2n) is 5.00. The van der Waals surface area contributed by atoms with Crippen molar-refractivity contribution in [3.63, 3.8) is 0 Å². The molecule has 0 spiro atoms. The molecule has 24 heavy (non-hydrogen) atoms. The molecule has 2 N–H and O–H groups in total. The SMILES string of the molecule is O=C(NNC(=O)c1ccccc1Cl)c1csc(N2CCOCC2)n1. The lowest BCUT2D eigenvalue weighted by Crippen LogP contribution is -2.42. The summed E-state index contributed by atoms with van der Waals surface area (Å²) in [5.74, 6) is -0.969. The number of hydrogen-bond acceptors (Lipinski definition) is 6. The number of aromatic nitrogens is 1. The molecule has 2 heterocycles. The Labute approximate surface area is 147 Å². The number of carbonyl (C=O) groups is 2. The number of carbonyl (C=O) groups excluding carboxylic acids is 2. The maximum Gasteiger partial charge on any atom is 0.289 e. The largest absolute Gasteiger partial charge is 0.378 e. The van der Waals surface area contributed by atoms with Gasteiger partial charge < -0.3 is 9.64 Å². The van der Waals surface area contributed by atoms with Crippen molar-refractivity contribution in [2.24, 2.45) is 0 Å². The molecular formula is C15H15ClN4O3S. The van der Waals surface area contributed by atoms with Gasteiger partial charge in [0.1, 0.15) is 5.69 Å². The fourth-order valence-corrected chi connectivity index (χ4v) is 3.24. The van der Waals surface area contributed by atoms with Gasteiger partial charge in [0.15, 0.2) is 5.13 Å². The monoisotopic (exact) mass is 366 g/mol. The van der Waals surface area contributed by atoms with Gasteiger partial charge in [-0.05, 0) is 12.1 Å². The van der Waals surface area contributed by atoms with Gasteiger partial charge >= 0.3 is 0 Å². The summed E-state index contributed by atoms with van der Waals surface area (Å²) in [6.45, 7) is 2.79. The maximum atomic E-state index is 12.1. The fourth-order valence-electron chi connectivity index (χ4n) is 2.16. The molecule has 0 aliphatic carbocycles. The summed E-state index contributed by atoms with van der Waals surface area (Å²) in [7, 11) is 0. The van der Waals surface area contributed by atoms with Crippen LogP contribution in [0.1, 0.15) is 20.8 Å². The van der Waals surface area contributed by atoms with Gasteiger partial charge in [-0.3, -0.25) is 20.4 Å². The predicted octanol–water partition coefficient (Wildman–Crippen LogP) is 1.71. The molecule has 1 aromatic heterocycles. The van der Waals surface area contributed by atoms with Crippen LogP contribution in [0.5, 0.6) is 0 Å². The molecule has 0 bridgehead atoms. The van der Waals surface area contributed by atoms with Crippen molar-refractivity contribution in [3.05, 3.63) is 45.9 Å². The highest BCUT2D eigenvalue weighted by atomic mass is 35.5. The summed E-state index contributed by atoms with van der Waals surface area (Å²) in [5.41, 5.74) is 5.21. The summed E-state index contributed by atoms with van der Waals surface area (Å²) >= 11 is 7.32. The van der Waals surface area contributed by atoms with E-state index in [4.69, 9.17) is 16.3 Å². The molecule has 2 aromatic rings. The Bertz CT molecular complexity index is 746. The molecule has 0 atom stereocenters. The Morgan fingerprint density at radius 1 is 1.17 bits per heavy atom. The van der Waals surface area contributed by atoms with Crippen molar-refractivity contribution < 1.29 is 14.3 Å². The first-order valence-corrected chi connectivity index (χ1v) is 8.54. The number of nitrogens with zero attached hydrogens (tertiary/aromatic N) is 2. The van der Waals surface area contributed by atoms with Crippen molar-refractivity contribution in [2.75, 3.05) is 31.2 Å². The quantitative estimate of drug-likeness (QED) is 0.808. The molecule has 1 aromatic carbocycles. The summed E-state index contributed by atoms with van der Waals surface area (Å²) in [5, 5.41) is 2.73. The number of benzene rings is 1. The van der Waals surface area contributed by atoms with Gasteiger partial charge in [0.25, 0.3) is 11.8 Å². The molecule has 1 aliphatic heterocycles. The summed E-state index contributed by atoms with van der Waals surface area (Å²) in [6, 6.07) is 6.59. The first-order chi connectivity index (χ1) is 11.6. The fraction of sp³-hybridized carbons (Fsp3) is 0.267. The highest BCUT2D eigenvalue weighted by Crippen LogP contribution is 2.21. The lowest BCUT2D eigenvalue weighted by atomic mass is 10.2. The van der Waals surface area contributed by atoms with Gasteiger partial charge in [-0.1, -0.05) is 23.7 Å². The highest BCUT2D eigenvalue weighted by Gasteiger charge is 2.18. The van der Waals surface area contributed by atoms with E-state index >= 15 is 0 Å². The van der Waals surface area contributed by atoms with E-state index in [0.29, 0.717) is 18.2 Å². The molecule has 1 aliphatic rings. The normalized spacial score (nSPS) is 14.3. The van der Waals surface area contributed by atoms with Crippen molar-refractivity contribution in [3.8, 4) is 0 Å². The first kappa shape index (κ1) is 16.7. The van der Waals surface area contributed by atoms with Crippen LogP contribution in [0.15, 0.2) is 29.6 Å².